The van der Waals surface area contributed by atoms with Crippen molar-refractivity contribution in [3.05, 3.63) is 57.3 Å². The molecule has 0 spiro atoms. The highest BCUT2D eigenvalue weighted by Crippen LogP contribution is 2.23. The molecule has 2 heterocycles. The van der Waals surface area contributed by atoms with Gasteiger partial charge in [-0.05, 0) is 48.4 Å². The van der Waals surface area contributed by atoms with E-state index in [1.807, 2.05) is 30.4 Å². The Morgan fingerprint density at radius 3 is 3.00 bits per heavy atom. The zero-order chi connectivity index (χ0) is 15.5. The minimum Gasteiger partial charge on any atom is -0.348 e. The third-order valence-corrected chi connectivity index (χ3v) is 5.31. The smallest absolute Gasteiger partial charge is 0.234 e. The molecular weight excluding hydrogens is 292 g/mol. The normalized spacial score (nSPS) is 16.1. The van der Waals surface area contributed by atoms with E-state index in [0.29, 0.717) is 6.54 Å². The van der Waals surface area contributed by atoms with E-state index in [4.69, 9.17) is 0 Å². The summed E-state index contributed by atoms with van der Waals surface area (Å²) in [5.74, 6) is 0.106. The molecule has 0 fully saturated rings. The summed E-state index contributed by atoms with van der Waals surface area (Å²) in [6.07, 6.45) is 1.06. The van der Waals surface area contributed by atoms with Crippen molar-refractivity contribution in [1.29, 1.82) is 0 Å². The van der Waals surface area contributed by atoms with Crippen molar-refractivity contribution in [3.8, 4) is 0 Å². The fourth-order valence-electron chi connectivity index (χ4n) is 3.08. The van der Waals surface area contributed by atoms with Crippen molar-refractivity contribution >= 4 is 17.2 Å². The van der Waals surface area contributed by atoms with E-state index < -0.39 is 0 Å². The quantitative estimate of drug-likeness (QED) is 0.939. The number of aryl methyl sites for hydroxylation is 1. The monoisotopic (exact) mass is 314 g/mol. The van der Waals surface area contributed by atoms with Crippen LogP contribution in [0.3, 0.4) is 0 Å². The summed E-state index contributed by atoms with van der Waals surface area (Å²) in [4.78, 5) is 16.0. The Morgan fingerprint density at radius 2 is 2.18 bits per heavy atom. The van der Waals surface area contributed by atoms with Gasteiger partial charge in [-0.25, -0.2) is 0 Å². The highest BCUT2D eigenvalue weighted by Gasteiger charge is 2.20. The molecule has 4 heteroatoms. The summed E-state index contributed by atoms with van der Waals surface area (Å²) >= 11 is 1.83. The van der Waals surface area contributed by atoms with Gasteiger partial charge in [-0.15, -0.1) is 11.3 Å². The molecule has 2 aromatic rings. The number of carbonyl (C=O) groups is 1. The first kappa shape index (κ1) is 15.3. The molecular formula is C18H22N2OS. The van der Waals surface area contributed by atoms with Crippen LogP contribution >= 0.6 is 11.3 Å². The summed E-state index contributed by atoms with van der Waals surface area (Å²) in [5.41, 5.74) is 3.79. The van der Waals surface area contributed by atoms with E-state index in [-0.39, 0.29) is 11.9 Å². The maximum absolute atomic E-state index is 12.3. The van der Waals surface area contributed by atoms with Gasteiger partial charge in [0.1, 0.15) is 0 Å². The molecule has 22 heavy (non-hydrogen) atoms. The summed E-state index contributed by atoms with van der Waals surface area (Å²) in [7, 11) is 0. The number of carbonyl (C=O) groups excluding carboxylic acids is 1. The number of nitrogens with zero attached hydrogens (tertiary/aromatic N) is 1. The second-order valence-electron chi connectivity index (χ2n) is 5.98. The fraction of sp³-hybridized carbons (Fsp3) is 0.389. The molecule has 0 radical (unpaired) electrons. The summed E-state index contributed by atoms with van der Waals surface area (Å²) < 4.78 is 0. The first-order chi connectivity index (χ1) is 10.6. The minimum absolute atomic E-state index is 0.0511. The third-order valence-electron chi connectivity index (χ3n) is 4.29. The van der Waals surface area contributed by atoms with Gasteiger partial charge in [0.25, 0.3) is 0 Å². The van der Waals surface area contributed by atoms with E-state index in [1.165, 1.54) is 21.6 Å². The van der Waals surface area contributed by atoms with Crippen LogP contribution in [0.4, 0.5) is 0 Å². The molecule has 1 aromatic heterocycles. The number of hydrogen-bond acceptors (Lipinski definition) is 3. The van der Waals surface area contributed by atoms with E-state index >= 15 is 0 Å². The Kier molecular flexibility index (Phi) is 4.60. The highest BCUT2D eigenvalue weighted by atomic mass is 32.1. The number of amides is 1. The van der Waals surface area contributed by atoms with Crippen molar-refractivity contribution in [2.24, 2.45) is 0 Å². The van der Waals surface area contributed by atoms with E-state index in [9.17, 15) is 4.79 Å². The highest BCUT2D eigenvalue weighted by molar-refractivity contribution is 7.10. The van der Waals surface area contributed by atoms with Crippen molar-refractivity contribution < 1.29 is 4.79 Å². The number of nitrogens with one attached hydrogen (secondary N) is 1. The molecule has 3 nitrogen and oxygen atoms in total. The van der Waals surface area contributed by atoms with Gasteiger partial charge >= 0.3 is 0 Å². The lowest BCUT2D eigenvalue weighted by Gasteiger charge is -2.27. The number of rotatable bonds is 4. The zero-order valence-electron chi connectivity index (χ0n) is 13.1. The fourth-order valence-corrected chi connectivity index (χ4v) is 3.97. The standard InChI is InChI=1S/C18H22N2OS/c1-13-5-3-4-6-16(13)14(2)19-18(21)12-20-9-7-17-15(11-20)8-10-22-17/h3-6,8,10,14H,7,9,11-12H2,1-2H3,(H,19,21)/t14-/m1/s1. The van der Waals surface area contributed by atoms with Gasteiger partial charge in [0.15, 0.2) is 0 Å². The molecule has 1 N–H and O–H groups in total. The molecule has 116 valence electrons. The first-order valence-corrected chi connectivity index (χ1v) is 8.64. The van der Waals surface area contributed by atoms with Crippen molar-refractivity contribution in [3.63, 3.8) is 0 Å². The number of thiophene rings is 1. The van der Waals surface area contributed by atoms with Crippen LogP contribution in [0.2, 0.25) is 0 Å². The second-order valence-corrected chi connectivity index (χ2v) is 6.98. The summed E-state index contributed by atoms with van der Waals surface area (Å²) in [6.45, 7) is 6.48. The molecule has 1 atom stereocenters. The lowest BCUT2D eigenvalue weighted by atomic mass is 10.0. The van der Waals surface area contributed by atoms with Gasteiger partial charge in [0.2, 0.25) is 5.91 Å². The van der Waals surface area contributed by atoms with E-state index in [2.05, 4.69) is 40.7 Å². The topological polar surface area (TPSA) is 32.3 Å². The van der Waals surface area contributed by atoms with Gasteiger partial charge in [0.05, 0.1) is 12.6 Å². The van der Waals surface area contributed by atoms with Crippen LogP contribution in [0.5, 0.6) is 0 Å². The zero-order valence-corrected chi connectivity index (χ0v) is 14.0. The number of fused-ring (bicyclic) bond motifs is 1. The molecule has 0 saturated carbocycles. The average molecular weight is 314 g/mol. The Hall–Kier alpha value is -1.65. The number of benzene rings is 1. The Morgan fingerprint density at radius 1 is 1.36 bits per heavy atom. The van der Waals surface area contributed by atoms with E-state index in [1.54, 1.807) is 0 Å². The van der Waals surface area contributed by atoms with Crippen LogP contribution in [0.25, 0.3) is 0 Å². The average Bonchev–Trinajstić information content (AvgIpc) is 2.95. The van der Waals surface area contributed by atoms with Crippen molar-refractivity contribution in [2.75, 3.05) is 13.1 Å². The van der Waals surface area contributed by atoms with Crippen LogP contribution in [0, 0.1) is 6.92 Å². The van der Waals surface area contributed by atoms with Crippen LogP contribution in [0.15, 0.2) is 35.7 Å². The lowest BCUT2D eigenvalue weighted by Crippen LogP contribution is -2.40. The predicted molar refractivity (Wildman–Crippen MR) is 91.0 cm³/mol. The molecule has 3 rings (SSSR count). The molecule has 1 aromatic carbocycles. The first-order valence-electron chi connectivity index (χ1n) is 7.76. The van der Waals surface area contributed by atoms with Gasteiger partial charge in [-0.3, -0.25) is 9.69 Å². The number of hydrogen-bond donors (Lipinski definition) is 1. The van der Waals surface area contributed by atoms with Gasteiger partial charge in [0, 0.05) is 18.0 Å². The van der Waals surface area contributed by atoms with Gasteiger partial charge in [-0.1, -0.05) is 24.3 Å². The third kappa shape index (κ3) is 3.39. The largest absolute Gasteiger partial charge is 0.348 e. The molecule has 0 aliphatic carbocycles. The van der Waals surface area contributed by atoms with Crippen LogP contribution in [-0.2, 0) is 17.8 Å². The van der Waals surface area contributed by atoms with Gasteiger partial charge in [-0.2, -0.15) is 0 Å². The van der Waals surface area contributed by atoms with Crippen LogP contribution in [-0.4, -0.2) is 23.9 Å². The van der Waals surface area contributed by atoms with Gasteiger partial charge < -0.3 is 5.32 Å². The summed E-state index contributed by atoms with van der Waals surface area (Å²) in [6, 6.07) is 10.4. The van der Waals surface area contributed by atoms with Crippen molar-refractivity contribution in [2.45, 2.75) is 32.9 Å². The molecule has 1 amide bonds. The van der Waals surface area contributed by atoms with E-state index in [0.717, 1.165) is 19.5 Å². The predicted octanol–water partition coefficient (Wildman–Crippen LogP) is 3.29. The molecule has 0 saturated heterocycles. The molecule has 0 unspecified atom stereocenters. The molecule has 1 aliphatic heterocycles. The molecule has 0 bridgehead atoms. The Balaban J connectivity index is 1.56. The van der Waals surface area contributed by atoms with Crippen LogP contribution in [0.1, 0.15) is 34.5 Å². The maximum Gasteiger partial charge on any atom is 0.234 e. The minimum atomic E-state index is 0.0511. The maximum atomic E-state index is 12.3. The van der Waals surface area contributed by atoms with Crippen LogP contribution < -0.4 is 5.32 Å². The Labute approximate surface area is 136 Å². The second kappa shape index (κ2) is 6.63. The Bertz CT molecular complexity index is 665. The lowest BCUT2D eigenvalue weighted by molar-refractivity contribution is -0.123. The molecule has 1 aliphatic rings. The van der Waals surface area contributed by atoms with Crippen molar-refractivity contribution in [1.82, 2.24) is 10.2 Å². The summed E-state index contributed by atoms with van der Waals surface area (Å²) in [5, 5.41) is 5.27. The SMILES string of the molecule is Cc1ccccc1[C@@H](C)NC(=O)CN1CCc2sccc2C1.